The minimum absolute atomic E-state index is 0.246. The summed E-state index contributed by atoms with van der Waals surface area (Å²) in [5.41, 5.74) is 2.61. The van der Waals surface area contributed by atoms with Gasteiger partial charge in [-0.25, -0.2) is 0 Å². The van der Waals surface area contributed by atoms with Crippen molar-refractivity contribution in [3.05, 3.63) is 35.4 Å². The molecule has 0 saturated heterocycles. The van der Waals surface area contributed by atoms with Gasteiger partial charge in [-0.15, -0.1) is 0 Å². The van der Waals surface area contributed by atoms with Gasteiger partial charge in [-0.3, -0.25) is 0 Å². The first-order chi connectivity index (χ1) is 6.63. The molecule has 1 heteroatoms. The molecule has 0 aliphatic rings. The smallest absolute Gasteiger partial charge is 0.0552 e. The van der Waals surface area contributed by atoms with Gasteiger partial charge in [0.2, 0.25) is 0 Å². The van der Waals surface area contributed by atoms with Crippen molar-refractivity contribution in [2.45, 2.75) is 45.6 Å². The first-order valence-corrected chi connectivity index (χ1v) is 5.40. The number of hydrogen-bond acceptors (Lipinski definition) is 1. The normalized spacial score (nSPS) is 15.1. The summed E-state index contributed by atoms with van der Waals surface area (Å²) >= 11 is 0. The molecule has 0 aliphatic carbocycles. The lowest BCUT2D eigenvalue weighted by molar-refractivity contribution is 0.195. The highest BCUT2D eigenvalue weighted by atomic mass is 16.3. The van der Waals surface area contributed by atoms with Gasteiger partial charge in [-0.1, -0.05) is 38.1 Å². The Morgan fingerprint density at radius 1 is 1.14 bits per heavy atom. The summed E-state index contributed by atoms with van der Waals surface area (Å²) in [5.74, 6) is 0.635. The predicted octanol–water partition coefficient (Wildman–Crippen LogP) is 3.12. The van der Waals surface area contributed by atoms with Gasteiger partial charge >= 0.3 is 0 Å². The van der Waals surface area contributed by atoms with E-state index in [0.717, 1.165) is 6.42 Å². The van der Waals surface area contributed by atoms with Gasteiger partial charge in [0.1, 0.15) is 0 Å². The van der Waals surface area contributed by atoms with Crippen LogP contribution in [0, 0.1) is 0 Å². The number of benzene rings is 1. The van der Waals surface area contributed by atoms with E-state index in [1.165, 1.54) is 17.5 Å². The van der Waals surface area contributed by atoms with Crippen molar-refractivity contribution in [3.8, 4) is 0 Å². The van der Waals surface area contributed by atoms with Crippen molar-refractivity contribution in [1.29, 1.82) is 0 Å². The monoisotopic (exact) mass is 192 g/mol. The van der Waals surface area contributed by atoms with Gasteiger partial charge in [0, 0.05) is 0 Å². The molecule has 2 unspecified atom stereocenters. The van der Waals surface area contributed by atoms with Gasteiger partial charge in [0.15, 0.2) is 0 Å². The molecule has 0 heterocycles. The molecular weight excluding hydrogens is 172 g/mol. The molecule has 0 saturated carbocycles. The highest BCUT2D eigenvalue weighted by Gasteiger charge is 2.03. The van der Waals surface area contributed by atoms with Crippen LogP contribution >= 0.6 is 0 Å². The van der Waals surface area contributed by atoms with Crippen molar-refractivity contribution in [1.82, 2.24) is 0 Å². The Morgan fingerprint density at radius 3 is 2.14 bits per heavy atom. The Kier molecular flexibility index (Phi) is 4.15. The van der Waals surface area contributed by atoms with Crippen LogP contribution in [0.5, 0.6) is 0 Å². The van der Waals surface area contributed by atoms with Crippen LogP contribution in [0.2, 0.25) is 0 Å². The summed E-state index contributed by atoms with van der Waals surface area (Å²) in [4.78, 5) is 0. The third kappa shape index (κ3) is 3.15. The molecule has 1 aromatic rings. The Balaban J connectivity index is 2.68. The van der Waals surface area contributed by atoms with Gasteiger partial charge in [-0.05, 0) is 36.8 Å². The van der Waals surface area contributed by atoms with Crippen LogP contribution in [0.25, 0.3) is 0 Å². The minimum Gasteiger partial charge on any atom is -0.393 e. The quantitative estimate of drug-likeness (QED) is 0.777. The molecule has 14 heavy (non-hydrogen) atoms. The molecule has 78 valence electrons. The second-order valence-corrected chi connectivity index (χ2v) is 4.10. The Hall–Kier alpha value is -0.820. The van der Waals surface area contributed by atoms with E-state index in [-0.39, 0.29) is 6.10 Å². The van der Waals surface area contributed by atoms with Crippen LogP contribution < -0.4 is 0 Å². The molecule has 0 radical (unpaired) electrons. The first-order valence-electron chi connectivity index (χ1n) is 5.40. The molecule has 0 amide bonds. The average molecular weight is 192 g/mol. The van der Waals surface area contributed by atoms with E-state index in [0.29, 0.717) is 5.92 Å². The zero-order valence-corrected chi connectivity index (χ0v) is 9.33. The second-order valence-electron chi connectivity index (χ2n) is 4.10. The molecule has 1 aromatic carbocycles. The molecule has 1 N–H and O–H groups in total. The third-order valence-electron chi connectivity index (χ3n) is 2.69. The van der Waals surface area contributed by atoms with Gasteiger partial charge < -0.3 is 5.11 Å². The van der Waals surface area contributed by atoms with E-state index in [1.807, 2.05) is 6.92 Å². The Bertz CT molecular complexity index is 261. The fourth-order valence-corrected chi connectivity index (χ4v) is 1.56. The van der Waals surface area contributed by atoms with E-state index in [9.17, 15) is 5.11 Å². The molecule has 0 spiro atoms. The molecule has 2 atom stereocenters. The molecule has 0 fully saturated rings. The summed E-state index contributed by atoms with van der Waals surface area (Å²) in [6.07, 6.45) is 1.68. The average Bonchev–Trinajstić information content (AvgIpc) is 2.17. The SMILES string of the molecule is CCC(C)c1ccc(CC(C)O)cc1. The molecule has 1 rings (SSSR count). The van der Waals surface area contributed by atoms with E-state index in [4.69, 9.17) is 0 Å². The van der Waals surface area contributed by atoms with Crippen LogP contribution in [-0.4, -0.2) is 11.2 Å². The van der Waals surface area contributed by atoms with Crippen LogP contribution in [0.1, 0.15) is 44.2 Å². The Morgan fingerprint density at radius 2 is 1.71 bits per heavy atom. The first kappa shape index (κ1) is 11.3. The van der Waals surface area contributed by atoms with E-state index in [2.05, 4.69) is 38.1 Å². The molecular formula is C13H20O. The summed E-state index contributed by atoms with van der Waals surface area (Å²) in [5, 5.41) is 9.23. The summed E-state index contributed by atoms with van der Waals surface area (Å²) in [6.45, 7) is 6.26. The lowest BCUT2D eigenvalue weighted by atomic mass is 9.96. The van der Waals surface area contributed by atoms with Crippen LogP contribution in [0.15, 0.2) is 24.3 Å². The van der Waals surface area contributed by atoms with Crippen LogP contribution in [0.4, 0.5) is 0 Å². The maximum atomic E-state index is 9.23. The second kappa shape index (κ2) is 5.16. The zero-order chi connectivity index (χ0) is 10.6. The van der Waals surface area contributed by atoms with Gasteiger partial charge in [0.05, 0.1) is 6.10 Å². The number of hydrogen-bond donors (Lipinski definition) is 1. The predicted molar refractivity (Wildman–Crippen MR) is 60.5 cm³/mol. The summed E-state index contributed by atoms with van der Waals surface area (Å²) in [7, 11) is 0. The third-order valence-corrected chi connectivity index (χ3v) is 2.69. The highest BCUT2D eigenvalue weighted by Crippen LogP contribution is 2.19. The van der Waals surface area contributed by atoms with E-state index < -0.39 is 0 Å². The largest absolute Gasteiger partial charge is 0.393 e. The summed E-state index contributed by atoms with van der Waals surface area (Å²) < 4.78 is 0. The maximum absolute atomic E-state index is 9.23. The van der Waals surface area contributed by atoms with E-state index in [1.54, 1.807) is 0 Å². The zero-order valence-electron chi connectivity index (χ0n) is 9.33. The van der Waals surface area contributed by atoms with Gasteiger partial charge in [0.25, 0.3) is 0 Å². The number of aliphatic hydroxyl groups is 1. The highest BCUT2D eigenvalue weighted by molar-refractivity contribution is 5.25. The topological polar surface area (TPSA) is 20.2 Å². The minimum atomic E-state index is -0.246. The lowest BCUT2D eigenvalue weighted by Gasteiger charge is -2.10. The molecule has 0 bridgehead atoms. The van der Waals surface area contributed by atoms with Crippen LogP contribution in [-0.2, 0) is 6.42 Å². The van der Waals surface area contributed by atoms with Gasteiger partial charge in [-0.2, -0.15) is 0 Å². The Labute approximate surface area is 86.8 Å². The van der Waals surface area contributed by atoms with Crippen molar-refractivity contribution >= 4 is 0 Å². The molecule has 1 nitrogen and oxygen atoms in total. The maximum Gasteiger partial charge on any atom is 0.0552 e. The van der Waals surface area contributed by atoms with Crippen molar-refractivity contribution < 1.29 is 5.11 Å². The van der Waals surface area contributed by atoms with Crippen molar-refractivity contribution in [3.63, 3.8) is 0 Å². The van der Waals surface area contributed by atoms with Crippen molar-refractivity contribution in [2.75, 3.05) is 0 Å². The fourth-order valence-electron chi connectivity index (χ4n) is 1.56. The van der Waals surface area contributed by atoms with E-state index >= 15 is 0 Å². The summed E-state index contributed by atoms with van der Waals surface area (Å²) in [6, 6.07) is 8.58. The van der Waals surface area contributed by atoms with Crippen LogP contribution in [0.3, 0.4) is 0 Å². The standard InChI is InChI=1S/C13H20O/c1-4-10(2)13-7-5-12(6-8-13)9-11(3)14/h5-8,10-11,14H,4,9H2,1-3H3. The number of rotatable bonds is 4. The van der Waals surface area contributed by atoms with Crippen molar-refractivity contribution in [2.24, 2.45) is 0 Å². The fraction of sp³-hybridized carbons (Fsp3) is 0.538. The lowest BCUT2D eigenvalue weighted by Crippen LogP contribution is -2.04. The molecule has 0 aliphatic heterocycles. The number of aliphatic hydroxyl groups excluding tert-OH is 1. The molecule has 0 aromatic heterocycles.